The summed E-state index contributed by atoms with van der Waals surface area (Å²) < 4.78 is 0. The molecule has 2 aliphatic rings. The van der Waals surface area contributed by atoms with Gasteiger partial charge in [0.1, 0.15) is 0 Å². The highest BCUT2D eigenvalue weighted by Crippen LogP contribution is 2.35. The maximum absolute atomic E-state index is 3.89. The molecular formula is C19H35N. The van der Waals surface area contributed by atoms with E-state index >= 15 is 0 Å². The lowest BCUT2D eigenvalue weighted by atomic mass is 9.75. The van der Waals surface area contributed by atoms with E-state index in [1.165, 1.54) is 77.2 Å². The van der Waals surface area contributed by atoms with Crippen LogP contribution >= 0.6 is 0 Å². The van der Waals surface area contributed by atoms with E-state index in [0.717, 1.165) is 17.9 Å². The van der Waals surface area contributed by atoms with Crippen LogP contribution in [0.3, 0.4) is 0 Å². The van der Waals surface area contributed by atoms with Gasteiger partial charge in [0, 0.05) is 6.04 Å². The molecular weight excluding hydrogens is 242 g/mol. The summed E-state index contributed by atoms with van der Waals surface area (Å²) in [4.78, 5) is 0. The molecule has 20 heavy (non-hydrogen) atoms. The Kier molecular flexibility index (Phi) is 7.13. The quantitative estimate of drug-likeness (QED) is 0.609. The Bertz CT molecular complexity index is 294. The van der Waals surface area contributed by atoms with Gasteiger partial charge in [-0.1, -0.05) is 44.8 Å². The Morgan fingerprint density at radius 2 is 2.10 bits per heavy atom. The largest absolute Gasteiger partial charge is 0.313 e. The fraction of sp³-hybridized carbons (Fsp3) is 0.895. The summed E-state index contributed by atoms with van der Waals surface area (Å²) >= 11 is 0. The SMILES string of the molecule is CCCNC(CC1=CCCCC1)C1CCCC(CC)C1. The average molecular weight is 277 g/mol. The van der Waals surface area contributed by atoms with E-state index in [0.29, 0.717) is 0 Å². The van der Waals surface area contributed by atoms with Crippen molar-refractivity contribution in [2.75, 3.05) is 6.54 Å². The predicted octanol–water partition coefficient (Wildman–Crippen LogP) is 5.46. The molecule has 1 nitrogen and oxygen atoms in total. The third-order valence-electron chi connectivity index (χ3n) is 5.49. The highest BCUT2D eigenvalue weighted by atomic mass is 14.9. The smallest absolute Gasteiger partial charge is 0.0133 e. The molecule has 0 radical (unpaired) electrons. The summed E-state index contributed by atoms with van der Waals surface area (Å²) in [5, 5.41) is 3.89. The minimum absolute atomic E-state index is 0.758. The summed E-state index contributed by atoms with van der Waals surface area (Å²) in [6.07, 6.45) is 18.0. The Balaban J connectivity index is 1.92. The molecule has 2 rings (SSSR count). The first kappa shape index (κ1) is 16.1. The zero-order valence-corrected chi connectivity index (χ0v) is 13.8. The molecule has 1 heteroatoms. The van der Waals surface area contributed by atoms with Crippen LogP contribution in [-0.4, -0.2) is 12.6 Å². The Hall–Kier alpha value is -0.300. The molecule has 2 aliphatic carbocycles. The molecule has 0 aromatic rings. The highest BCUT2D eigenvalue weighted by molar-refractivity contribution is 5.08. The molecule has 116 valence electrons. The predicted molar refractivity (Wildman–Crippen MR) is 89.0 cm³/mol. The van der Waals surface area contributed by atoms with Gasteiger partial charge in [-0.05, 0) is 69.7 Å². The molecule has 1 fully saturated rings. The molecule has 0 spiro atoms. The van der Waals surface area contributed by atoms with Crippen molar-refractivity contribution in [3.8, 4) is 0 Å². The minimum atomic E-state index is 0.758. The molecule has 3 unspecified atom stereocenters. The number of hydrogen-bond acceptors (Lipinski definition) is 1. The molecule has 0 saturated heterocycles. The fourth-order valence-electron chi connectivity index (χ4n) is 4.18. The molecule has 1 N–H and O–H groups in total. The number of allylic oxidation sites excluding steroid dienone is 1. The highest BCUT2D eigenvalue weighted by Gasteiger charge is 2.28. The summed E-state index contributed by atoms with van der Waals surface area (Å²) in [5.74, 6) is 1.93. The third-order valence-corrected chi connectivity index (χ3v) is 5.49. The van der Waals surface area contributed by atoms with Crippen LogP contribution in [0.2, 0.25) is 0 Å². The summed E-state index contributed by atoms with van der Waals surface area (Å²) in [6.45, 7) is 5.87. The van der Waals surface area contributed by atoms with E-state index in [9.17, 15) is 0 Å². The molecule has 3 atom stereocenters. The minimum Gasteiger partial charge on any atom is -0.313 e. The van der Waals surface area contributed by atoms with Crippen LogP contribution in [0.1, 0.15) is 84.5 Å². The summed E-state index contributed by atoms with van der Waals surface area (Å²) in [7, 11) is 0. The summed E-state index contributed by atoms with van der Waals surface area (Å²) in [5.41, 5.74) is 1.75. The second-order valence-corrected chi connectivity index (χ2v) is 7.07. The van der Waals surface area contributed by atoms with Crippen LogP contribution in [0.4, 0.5) is 0 Å². The molecule has 0 aromatic heterocycles. The van der Waals surface area contributed by atoms with Gasteiger partial charge >= 0.3 is 0 Å². The van der Waals surface area contributed by atoms with Crippen molar-refractivity contribution in [3.05, 3.63) is 11.6 Å². The van der Waals surface area contributed by atoms with Gasteiger partial charge in [-0.2, -0.15) is 0 Å². The molecule has 0 heterocycles. The van der Waals surface area contributed by atoms with Crippen molar-refractivity contribution in [1.29, 1.82) is 0 Å². The van der Waals surface area contributed by atoms with Crippen molar-refractivity contribution < 1.29 is 0 Å². The number of hydrogen-bond donors (Lipinski definition) is 1. The first-order valence-corrected chi connectivity index (χ1v) is 9.24. The third kappa shape index (κ3) is 4.91. The van der Waals surface area contributed by atoms with Crippen molar-refractivity contribution in [2.24, 2.45) is 11.8 Å². The normalized spacial score (nSPS) is 29.0. The van der Waals surface area contributed by atoms with E-state index in [-0.39, 0.29) is 0 Å². The molecule has 0 amide bonds. The van der Waals surface area contributed by atoms with Gasteiger partial charge in [0.05, 0.1) is 0 Å². The van der Waals surface area contributed by atoms with E-state index in [4.69, 9.17) is 0 Å². The molecule has 0 aliphatic heterocycles. The zero-order valence-electron chi connectivity index (χ0n) is 13.8. The van der Waals surface area contributed by atoms with E-state index < -0.39 is 0 Å². The van der Waals surface area contributed by atoms with Crippen LogP contribution in [0.5, 0.6) is 0 Å². The van der Waals surface area contributed by atoms with Crippen LogP contribution in [0.25, 0.3) is 0 Å². The second kappa shape index (κ2) is 8.87. The maximum Gasteiger partial charge on any atom is 0.0133 e. The van der Waals surface area contributed by atoms with Crippen LogP contribution in [0.15, 0.2) is 11.6 Å². The van der Waals surface area contributed by atoms with Gasteiger partial charge < -0.3 is 5.32 Å². The fourth-order valence-corrected chi connectivity index (χ4v) is 4.18. The lowest BCUT2D eigenvalue weighted by Gasteiger charge is -2.36. The molecule has 0 aromatic carbocycles. The van der Waals surface area contributed by atoms with Crippen LogP contribution in [0, 0.1) is 11.8 Å². The lowest BCUT2D eigenvalue weighted by molar-refractivity contribution is 0.206. The van der Waals surface area contributed by atoms with Gasteiger partial charge in [0.25, 0.3) is 0 Å². The van der Waals surface area contributed by atoms with E-state index in [1.54, 1.807) is 5.57 Å². The lowest BCUT2D eigenvalue weighted by Crippen LogP contribution is -2.39. The number of rotatable bonds is 7. The van der Waals surface area contributed by atoms with Crippen molar-refractivity contribution >= 4 is 0 Å². The van der Waals surface area contributed by atoms with Gasteiger partial charge in [-0.25, -0.2) is 0 Å². The molecule has 1 saturated carbocycles. The second-order valence-electron chi connectivity index (χ2n) is 7.07. The number of nitrogens with one attached hydrogen (secondary N) is 1. The van der Waals surface area contributed by atoms with Crippen molar-refractivity contribution in [1.82, 2.24) is 5.32 Å². The zero-order chi connectivity index (χ0) is 14.2. The van der Waals surface area contributed by atoms with Gasteiger partial charge in [0.2, 0.25) is 0 Å². The Morgan fingerprint density at radius 1 is 1.20 bits per heavy atom. The van der Waals surface area contributed by atoms with Gasteiger partial charge in [-0.15, -0.1) is 0 Å². The Morgan fingerprint density at radius 3 is 2.80 bits per heavy atom. The van der Waals surface area contributed by atoms with E-state index in [2.05, 4.69) is 25.2 Å². The van der Waals surface area contributed by atoms with Crippen LogP contribution < -0.4 is 5.32 Å². The average Bonchev–Trinajstić information content (AvgIpc) is 2.52. The first-order valence-electron chi connectivity index (χ1n) is 9.24. The molecule has 0 bridgehead atoms. The first-order chi connectivity index (χ1) is 9.83. The maximum atomic E-state index is 3.89. The topological polar surface area (TPSA) is 12.0 Å². The Labute approximate surface area is 126 Å². The van der Waals surface area contributed by atoms with Crippen LogP contribution in [-0.2, 0) is 0 Å². The van der Waals surface area contributed by atoms with Gasteiger partial charge in [0.15, 0.2) is 0 Å². The monoisotopic (exact) mass is 277 g/mol. The standard InChI is InChI=1S/C19H35N/c1-3-13-20-19(15-17-9-6-5-7-10-17)18-12-8-11-16(4-2)14-18/h9,16,18-20H,3-8,10-15H2,1-2H3. The summed E-state index contributed by atoms with van der Waals surface area (Å²) in [6, 6.07) is 0.758. The van der Waals surface area contributed by atoms with Crippen molar-refractivity contribution in [2.45, 2.75) is 90.5 Å². The van der Waals surface area contributed by atoms with E-state index in [1.807, 2.05) is 0 Å². The van der Waals surface area contributed by atoms with Gasteiger partial charge in [-0.3, -0.25) is 0 Å². The van der Waals surface area contributed by atoms with Crippen molar-refractivity contribution in [3.63, 3.8) is 0 Å².